The first-order valence-electron chi connectivity index (χ1n) is 8.90. The maximum absolute atomic E-state index is 12.4. The highest BCUT2D eigenvalue weighted by molar-refractivity contribution is 6.02. The van der Waals surface area contributed by atoms with Crippen molar-refractivity contribution in [3.8, 4) is 6.07 Å². The molecule has 26 heavy (non-hydrogen) atoms. The molecule has 4 nitrogen and oxygen atoms in total. The SMILES string of the molecule is CCc1ccc(NCC(=O)/C(C#N)=C(\C)Nc2ccc(CC)cc2)cc1. The molecule has 0 bridgehead atoms. The summed E-state index contributed by atoms with van der Waals surface area (Å²) in [5.74, 6) is -0.234. The van der Waals surface area contributed by atoms with Gasteiger partial charge in [-0.05, 0) is 55.2 Å². The molecule has 2 N–H and O–H groups in total. The van der Waals surface area contributed by atoms with Crippen molar-refractivity contribution < 1.29 is 4.79 Å². The fourth-order valence-electron chi connectivity index (χ4n) is 2.59. The van der Waals surface area contributed by atoms with Gasteiger partial charge in [0.05, 0.1) is 6.54 Å². The van der Waals surface area contributed by atoms with E-state index in [1.807, 2.05) is 54.6 Å². The average molecular weight is 347 g/mol. The van der Waals surface area contributed by atoms with E-state index in [1.54, 1.807) is 6.92 Å². The quantitative estimate of drug-likeness (QED) is 0.536. The molecule has 0 radical (unpaired) electrons. The lowest BCUT2D eigenvalue weighted by atomic mass is 10.1. The van der Waals surface area contributed by atoms with Crippen molar-refractivity contribution in [2.24, 2.45) is 0 Å². The minimum Gasteiger partial charge on any atom is -0.378 e. The molecule has 0 spiro atoms. The first-order chi connectivity index (χ1) is 12.6. The number of carbonyl (C=O) groups is 1. The Morgan fingerprint density at radius 1 is 0.923 bits per heavy atom. The lowest BCUT2D eigenvalue weighted by Gasteiger charge is -2.11. The molecule has 0 fully saturated rings. The van der Waals surface area contributed by atoms with Crippen LogP contribution in [0.5, 0.6) is 0 Å². The number of anilines is 2. The van der Waals surface area contributed by atoms with Gasteiger partial charge in [0.25, 0.3) is 0 Å². The van der Waals surface area contributed by atoms with Crippen LogP contribution in [-0.4, -0.2) is 12.3 Å². The van der Waals surface area contributed by atoms with Gasteiger partial charge < -0.3 is 10.6 Å². The number of nitriles is 1. The van der Waals surface area contributed by atoms with Gasteiger partial charge >= 0.3 is 0 Å². The van der Waals surface area contributed by atoms with E-state index in [-0.39, 0.29) is 17.9 Å². The van der Waals surface area contributed by atoms with Crippen molar-refractivity contribution in [3.05, 3.63) is 70.9 Å². The standard InChI is InChI=1S/C22H25N3O/c1-4-17-6-10-19(11-7-17)24-15-22(26)21(14-23)16(3)25-20-12-8-18(5-2)9-13-20/h6-13,24-25H,4-5,15H2,1-3H3/b21-16+. The topological polar surface area (TPSA) is 64.9 Å². The second kappa shape index (κ2) is 9.43. The predicted octanol–water partition coefficient (Wildman–Crippen LogP) is 4.70. The summed E-state index contributed by atoms with van der Waals surface area (Å²) in [5, 5.41) is 15.6. The van der Waals surface area contributed by atoms with Crippen LogP contribution in [0.2, 0.25) is 0 Å². The summed E-state index contributed by atoms with van der Waals surface area (Å²) in [4.78, 5) is 12.4. The monoisotopic (exact) mass is 347 g/mol. The number of Topliss-reactive ketones (excluding diaryl/α,β-unsaturated/α-hetero) is 1. The summed E-state index contributed by atoms with van der Waals surface area (Å²) in [6, 6.07) is 17.9. The number of nitrogens with one attached hydrogen (secondary N) is 2. The predicted molar refractivity (Wildman–Crippen MR) is 107 cm³/mol. The maximum atomic E-state index is 12.4. The fourth-order valence-corrected chi connectivity index (χ4v) is 2.59. The van der Waals surface area contributed by atoms with Crippen LogP contribution in [0.25, 0.3) is 0 Å². The molecule has 0 heterocycles. The Morgan fingerprint density at radius 2 is 1.42 bits per heavy atom. The number of aryl methyl sites for hydroxylation is 2. The smallest absolute Gasteiger partial charge is 0.194 e. The van der Waals surface area contributed by atoms with Gasteiger partial charge in [0.1, 0.15) is 11.6 Å². The van der Waals surface area contributed by atoms with Gasteiger partial charge in [0.2, 0.25) is 0 Å². The van der Waals surface area contributed by atoms with Crippen molar-refractivity contribution in [2.45, 2.75) is 33.6 Å². The van der Waals surface area contributed by atoms with Gasteiger partial charge in [-0.15, -0.1) is 0 Å². The highest BCUT2D eigenvalue weighted by Gasteiger charge is 2.13. The second-order valence-electron chi connectivity index (χ2n) is 6.11. The molecule has 2 aromatic carbocycles. The summed E-state index contributed by atoms with van der Waals surface area (Å²) in [6.07, 6.45) is 1.95. The highest BCUT2D eigenvalue weighted by atomic mass is 16.1. The van der Waals surface area contributed by atoms with Crippen LogP contribution >= 0.6 is 0 Å². The Bertz CT molecular complexity index is 812. The number of benzene rings is 2. The Labute approximate surface area is 155 Å². The average Bonchev–Trinajstić information content (AvgIpc) is 2.68. The lowest BCUT2D eigenvalue weighted by Crippen LogP contribution is -2.18. The Kier molecular flexibility index (Phi) is 6.99. The van der Waals surface area contributed by atoms with E-state index in [9.17, 15) is 10.1 Å². The molecule has 4 heteroatoms. The summed E-state index contributed by atoms with van der Waals surface area (Å²) in [5.41, 5.74) is 4.92. The molecule has 0 saturated heterocycles. The van der Waals surface area contributed by atoms with E-state index in [0.29, 0.717) is 5.70 Å². The van der Waals surface area contributed by atoms with E-state index in [0.717, 1.165) is 24.2 Å². The molecular formula is C22H25N3O. The largest absolute Gasteiger partial charge is 0.378 e. The fraction of sp³-hybridized carbons (Fsp3) is 0.273. The molecule has 0 aliphatic carbocycles. The highest BCUT2D eigenvalue weighted by Crippen LogP contribution is 2.15. The molecule has 0 aromatic heterocycles. The van der Waals surface area contributed by atoms with Crippen LogP contribution in [-0.2, 0) is 17.6 Å². The van der Waals surface area contributed by atoms with E-state index in [4.69, 9.17) is 0 Å². The van der Waals surface area contributed by atoms with E-state index >= 15 is 0 Å². The zero-order valence-corrected chi connectivity index (χ0v) is 15.6. The number of ketones is 1. The molecule has 0 amide bonds. The first-order valence-corrected chi connectivity index (χ1v) is 8.90. The molecule has 2 aromatic rings. The van der Waals surface area contributed by atoms with Crippen molar-refractivity contribution in [1.29, 1.82) is 5.26 Å². The van der Waals surface area contributed by atoms with E-state index < -0.39 is 0 Å². The van der Waals surface area contributed by atoms with Crippen molar-refractivity contribution in [2.75, 3.05) is 17.2 Å². The van der Waals surface area contributed by atoms with E-state index in [1.165, 1.54) is 11.1 Å². The van der Waals surface area contributed by atoms with Gasteiger partial charge in [-0.1, -0.05) is 38.1 Å². The molecule has 0 aliphatic rings. The van der Waals surface area contributed by atoms with Crippen molar-refractivity contribution >= 4 is 17.2 Å². The number of carbonyl (C=O) groups excluding carboxylic acids is 1. The van der Waals surface area contributed by atoms with Gasteiger partial charge in [-0.2, -0.15) is 5.26 Å². The van der Waals surface area contributed by atoms with Crippen LogP contribution in [0.1, 0.15) is 31.9 Å². The second-order valence-corrected chi connectivity index (χ2v) is 6.11. The van der Waals surface area contributed by atoms with Crippen LogP contribution in [0.4, 0.5) is 11.4 Å². The van der Waals surface area contributed by atoms with E-state index in [2.05, 4.69) is 24.5 Å². The normalized spacial score (nSPS) is 11.3. The number of allylic oxidation sites excluding steroid dienone is 1. The zero-order valence-electron chi connectivity index (χ0n) is 15.6. The Morgan fingerprint density at radius 3 is 1.88 bits per heavy atom. The number of nitrogens with zero attached hydrogens (tertiary/aromatic N) is 1. The summed E-state index contributed by atoms with van der Waals surface area (Å²) in [7, 11) is 0. The summed E-state index contributed by atoms with van der Waals surface area (Å²) < 4.78 is 0. The maximum Gasteiger partial charge on any atom is 0.194 e. The third-order valence-corrected chi connectivity index (χ3v) is 4.27. The Hall–Kier alpha value is -3.06. The Balaban J connectivity index is 2.02. The number of rotatable bonds is 8. The van der Waals surface area contributed by atoms with Crippen molar-refractivity contribution in [3.63, 3.8) is 0 Å². The zero-order chi connectivity index (χ0) is 18.9. The summed E-state index contributed by atoms with van der Waals surface area (Å²) in [6.45, 7) is 6.03. The molecule has 0 saturated carbocycles. The van der Waals surface area contributed by atoms with Gasteiger partial charge in [-0.25, -0.2) is 0 Å². The molecule has 2 rings (SSSR count). The van der Waals surface area contributed by atoms with Crippen LogP contribution in [0.15, 0.2) is 59.8 Å². The first kappa shape index (κ1) is 19.3. The molecular weight excluding hydrogens is 322 g/mol. The molecule has 134 valence electrons. The molecule has 0 aliphatic heterocycles. The van der Waals surface area contributed by atoms with Crippen LogP contribution in [0, 0.1) is 11.3 Å². The third-order valence-electron chi connectivity index (χ3n) is 4.27. The summed E-state index contributed by atoms with van der Waals surface area (Å²) >= 11 is 0. The number of hydrogen-bond donors (Lipinski definition) is 2. The lowest BCUT2D eigenvalue weighted by molar-refractivity contribution is -0.113. The molecule has 0 unspecified atom stereocenters. The van der Waals surface area contributed by atoms with Crippen molar-refractivity contribution in [1.82, 2.24) is 0 Å². The van der Waals surface area contributed by atoms with Gasteiger partial charge in [0.15, 0.2) is 5.78 Å². The number of hydrogen-bond acceptors (Lipinski definition) is 4. The molecule has 0 atom stereocenters. The third kappa shape index (κ3) is 5.22. The van der Waals surface area contributed by atoms with Crippen LogP contribution in [0.3, 0.4) is 0 Å². The minimum absolute atomic E-state index is 0.0855. The van der Waals surface area contributed by atoms with Gasteiger partial charge in [-0.3, -0.25) is 4.79 Å². The minimum atomic E-state index is -0.234. The van der Waals surface area contributed by atoms with Gasteiger partial charge in [0, 0.05) is 17.1 Å². The van der Waals surface area contributed by atoms with Crippen LogP contribution < -0.4 is 10.6 Å².